The molecule has 0 radical (unpaired) electrons. The average molecular weight is 384 g/mol. The van der Waals surface area contributed by atoms with Crippen molar-refractivity contribution in [1.29, 1.82) is 0 Å². The van der Waals surface area contributed by atoms with Crippen LogP contribution in [0.15, 0.2) is 59.9 Å². The maximum Gasteiger partial charge on any atom is 0.737 e. The number of aromatic nitrogens is 1. The van der Waals surface area contributed by atoms with E-state index in [2.05, 4.69) is 9.47 Å². The predicted molar refractivity (Wildman–Crippen MR) is 98.0 cm³/mol. The van der Waals surface area contributed by atoms with Crippen molar-refractivity contribution in [1.82, 2.24) is 4.48 Å². The van der Waals surface area contributed by atoms with E-state index < -0.39 is 18.9 Å². The summed E-state index contributed by atoms with van der Waals surface area (Å²) in [5.41, 5.74) is 1.51. The van der Waals surface area contributed by atoms with Gasteiger partial charge in [0.1, 0.15) is 11.8 Å². The molecule has 0 saturated heterocycles. The summed E-state index contributed by atoms with van der Waals surface area (Å²) in [6, 6.07) is 10.3. The van der Waals surface area contributed by atoms with Gasteiger partial charge in [0.2, 0.25) is 0 Å². The highest BCUT2D eigenvalue weighted by Crippen LogP contribution is 2.40. The van der Waals surface area contributed by atoms with Crippen molar-refractivity contribution in [3.63, 3.8) is 0 Å². The summed E-state index contributed by atoms with van der Waals surface area (Å²) in [7, 11) is 2.38. The average Bonchev–Trinajstić information content (AvgIpc) is 3.34. The summed E-state index contributed by atoms with van der Waals surface area (Å²) in [5, 5.41) is 0. The minimum absolute atomic E-state index is 0.0198. The zero-order valence-electron chi connectivity index (χ0n) is 15.1. The van der Waals surface area contributed by atoms with Gasteiger partial charge in [0.05, 0.1) is 25.4 Å². The van der Waals surface area contributed by atoms with Crippen LogP contribution in [0.3, 0.4) is 0 Å². The van der Waals surface area contributed by atoms with Gasteiger partial charge in [-0.2, -0.15) is 0 Å². The van der Waals surface area contributed by atoms with Crippen molar-refractivity contribution in [2.45, 2.75) is 0 Å². The molecule has 1 aromatic heterocycles. The molecule has 0 fully saturated rings. The molecule has 0 bridgehead atoms. The third kappa shape index (κ3) is 2.50. The second kappa shape index (κ2) is 6.30. The van der Waals surface area contributed by atoms with Crippen LogP contribution in [-0.2, 0) is 14.3 Å². The number of halogens is 2. The number of ether oxygens (including phenoxy) is 2. The number of methoxy groups -OCH3 is 2. The highest BCUT2D eigenvalue weighted by molar-refractivity contribution is 6.58. The van der Waals surface area contributed by atoms with Crippen molar-refractivity contribution in [3.8, 4) is 0 Å². The number of hydrogen-bond donors (Lipinski definition) is 0. The van der Waals surface area contributed by atoms with E-state index in [1.165, 1.54) is 26.4 Å². The number of carbonyl (C=O) groups excluding carboxylic acids is 2. The molecule has 3 heterocycles. The monoisotopic (exact) mass is 384 g/mol. The Morgan fingerprint density at radius 3 is 2.39 bits per heavy atom. The molecule has 6 nitrogen and oxygen atoms in total. The van der Waals surface area contributed by atoms with Gasteiger partial charge < -0.3 is 27.1 Å². The summed E-state index contributed by atoms with van der Waals surface area (Å²) in [6.45, 7) is -4.33. The van der Waals surface area contributed by atoms with Gasteiger partial charge in [-0.3, -0.25) is 0 Å². The Balaban J connectivity index is 2.03. The fourth-order valence-electron chi connectivity index (χ4n) is 3.50. The van der Waals surface area contributed by atoms with E-state index in [1.54, 1.807) is 24.3 Å². The third-order valence-electron chi connectivity index (χ3n) is 4.78. The van der Waals surface area contributed by atoms with E-state index in [9.17, 15) is 9.59 Å². The smallest absolute Gasteiger partial charge is 0.465 e. The molecular formula is C19H15BF2N2O4. The SMILES string of the molecule is COC(=O)C1=CC2=C(c3ccccc3)c3cc(C(=O)OC)cn3[B-](F)(F)[N+]2=C1. The number of nitrogens with zero attached hydrogens (tertiary/aromatic N) is 2. The van der Waals surface area contributed by atoms with Gasteiger partial charge in [0.25, 0.3) is 0 Å². The van der Waals surface area contributed by atoms with Gasteiger partial charge in [-0.25, -0.2) is 9.59 Å². The summed E-state index contributed by atoms with van der Waals surface area (Å²) < 4.78 is 41.5. The van der Waals surface area contributed by atoms with E-state index in [4.69, 9.17) is 0 Å². The fraction of sp³-hybridized carbons (Fsp3) is 0.105. The molecule has 2 aliphatic heterocycles. The Hall–Kier alpha value is -3.49. The predicted octanol–water partition coefficient (Wildman–Crippen LogP) is 2.47. The number of fused-ring (bicyclic) bond motifs is 2. The number of benzene rings is 1. The highest BCUT2D eigenvalue weighted by Gasteiger charge is 2.53. The van der Waals surface area contributed by atoms with Gasteiger partial charge in [0.15, 0.2) is 5.70 Å². The second-order valence-electron chi connectivity index (χ2n) is 6.36. The summed E-state index contributed by atoms with van der Waals surface area (Å²) >= 11 is 0. The van der Waals surface area contributed by atoms with Crippen LogP contribution in [0.4, 0.5) is 8.63 Å². The third-order valence-corrected chi connectivity index (χ3v) is 4.78. The van der Waals surface area contributed by atoms with Crippen molar-refractivity contribution in [2.24, 2.45) is 0 Å². The molecule has 2 aromatic rings. The summed E-state index contributed by atoms with van der Waals surface area (Å²) in [4.78, 5) is 23.9. The molecule has 0 unspecified atom stereocenters. The molecule has 0 atom stereocenters. The van der Waals surface area contributed by atoms with Gasteiger partial charge in [-0.1, -0.05) is 30.3 Å². The van der Waals surface area contributed by atoms with E-state index in [1.807, 2.05) is 6.07 Å². The first-order valence-electron chi connectivity index (χ1n) is 8.44. The number of allylic oxidation sites excluding steroid dienone is 1. The molecule has 142 valence electrons. The van der Waals surface area contributed by atoms with Crippen LogP contribution in [-0.4, -0.2) is 48.3 Å². The Kier molecular flexibility index (Phi) is 4.03. The number of rotatable bonds is 3. The Bertz CT molecular complexity index is 1100. The van der Waals surface area contributed by atoms with Crippen LogP contribution in [0.5, 0.6) is 0 Å². The fourth-order valence-corrected chi connectivity index (χ4v) is 3.50. The van der Waals surface area contributed by atoms with Crippen LogP contribution in [0, 0.1) is 0 Å². The molecule has 28 heavy (non-hydrogen) atoms. The first kappa shape index (κ1) is 17.9. The molecule has 1 aromatic carbocycles. The topological polar surface area (TPSA) is 60.5 Å². The number of hydrogen-bond acceptors (Lipinski definition) is 4. The van der Waals surface area contributed by atoms with Crippen molar-refractivity contribution in [2.75, 3.05) is 14.2 Å². The van der Waals surface area contributed by atoms with Crippen LogP contribution in [0.25, 0.3) is 5.57 Å². The standard InChI is InChI=1S/C19H15BF2N2O4/c1-27-18(25)13-8-15-17(12-6-4-3-5-7-12)16-9-14(19(26)28-2)11-24(16)20(21,22)23(15)10-13/h3-11H,1-2H3. The lowest BCUT2D eigenvalue weighted by atomic mass is 9.86. The van der Waals surface area contributed by atoms with Gasteiger partial charge in [-0.05, 0) is 17.8 Å². The quantitative estimate of drug-likeness (QED) is 0.603. The van der Waals surface area contributed by atoms with Gasteiger partial charge in [-0.15, -0.1) is 0 Å². The van der Waals surface area contributed by atoms with Crippen LogP contribution in [0.1, 0.15) is 21.6 Å². The number of esters is 2. The Morgan fingerprint density at radius 1 is 1.07 bits per heavy atom. The molecule has 2 aliphatic rings. The van der Waals surface area contributed by atoms with Crippen LogP contribution >= 0.6 is 0 Å². The lowest BCUT2D eigenvalue weighted by molar-refractivity contribution is -0.356. The van der Waals surface area contributed by atoms with Crippen LogP contribution < -0.4 is 0 Å². The molecule has 4 rings (SSSR count). The molecule has 0 aliphatic carbocycles. The second-order valence-corrected chi connectivity index (χ2v) is 6.36. The maximum atomic E-state index is 15.3. The van der Waals surface area contributed by atoms with Gasteiger partial charge in [0, 0.05) is 11.8 Å². The molecule has 0 N–H and O–H groups in total. The van der Waals surface area contributed by atoms with E-state index in [-0.39, 0.29) is 22.5 Å². The van der Waals surface area contributed by atoms with Crippen molar-refractivity contribution in [3.05, 3.63) is 76.8 Å². The normalized spacial score (nSPS) is 16.7. The van der Waals surface area contributed by atoms with E-state index in [0.29, 0.717) is 11.1 Å². The first-order chi connectivity index (χ1) is 13.4. The first-order valence-corrected chi connectivity index (χ1v) is 8.44. The minimum atomic E-state index is -4.33. The maximum absolute atomic E-state index is 15.3. The molecule has 0 saturated carbocycles. The minimum Gasteiger partial charge on any atom is -0.465 e. The largest absolute Gasteiger partial charge is 0.737 e. The molecule has 0 amide bonds. The Labute approximate surface area is 159 Å². The Morgan fingerprint density at radius 2 is 1.75 bits per heavy atom. The van der Waals surface area contributed by atoms with Crippen molar-refractivity contribution >= 4 is 30.7 Å². The summed E-state index contributed by atoms with van der Waals surface area (Å²) in [6.07, 6.45) is 3.52. The molecule has 0 spiro atoms. The van der Waals surface area contributed by atoms with Gasteiger partial charge >= 0.3 is 18.9 Å². The van der Waals surface area contributed by atoms with E-state index >= 15 is 8.63 Å². The summed E-state index contributed by atoms with van der Waals surface area (Å²) in [5.74, 6) is -1.42. The molecular weight excluding hydrogens is 369 g/mol. The zero-order chi connectivity index (χ0) is 20.1. The lowest BCUT2D eigenvalue weighted by Crippen LogP contribution is -2.49. The zero-order valence-corrected chi connectivity index (χ0v) is 15.1. The lowest BCUT2D eigenvalue weighted by Gasteiger charge is -2.30. The van der Waals surface area contributed by atoms with Crippen LogP contribution in [0.2, 0.25) is 0 Å². The molecule has 9 heteroatoms. The van der Waals surface area contributed by atoms with Crippen molar-refractivity contribution < 1.29 is 32.2 Å². The van der Waals surface area contributed by atoms with E-state index in [0.717, 1.165) is 21.4 Å². The number of carbonyl (C=O) groups is 2. The highest BCUT2D eigenvalue weighted by atomic mass is 19.2.